The van der Waals surface area contributed by atoms with Crippen LogP contribution >= 0.6 is 7.82 Å². The van der Waals surface area contributed by atoms with Crippen molar-refractivity contribution in [2.45, 2.75) is 276 Å². The van der Waals surface area contributed by atoms with E-state index in [0.29, 0.717) is 17.4 Å². The molecule has 3 atom stereocenters. The van der Waals surface area contributed by atoms with Gasteiger partial charge < -0.3 is 28.8 Å². The monoisotopic (exact) mass is 1010 g/mol. The fourth-order valence-corrected chi connectivity index (χ4v) is 9.22. The van der Waals surface area contributed by atoms with Crippen molar-refractivity contribution in [3.63, 3.8) is 0 Å². The number of nitrogens with one attached hydrogen (secondary N) is 1. The molecule has 0 bridgehead atoms. The van der Waals surface area contributed by atoms with Crippen LogP contribution in [0.5, 0.6) is 0 Å². The first kappa shape index (κ1) is 68.9. The quantitative estimate of drug-likeness (QED) is 0.0272. The summed E-state index contributed by atoms with van der Waals surface area (Å²) >= 11 is 0. The van der Waals surface area contributed by atoms with Crippen LogP contribution in [0, 0.1) is 0 Å². The zero-order chi connectivity index (χ0) is 52.0. The third-order valence-electron chi connectivity index (χ3n) is 13.1. The van der Waals surface area contributed by atoms with Gasteiger partial charge in [-0.2, -0.15) is 0 Å². The molecule has 0 fully saturated rings. The number of quaternary nitrogens is 1. The second-order valence-electron chi connectivity index (χ2n) is 21.3. The number of amides is 1. The number of rotatable bonds is 54. The Bertz CT molecular complexity index is 1380. The number of allylic oxidation sites excluding steroid dienone is 11. The van der Waals surface area contributed by atoms with Crippen molar-refractivity contribution in [3.8, 4) is 0 Å². The molecule has 0 radical (unpaired) electrons. The second kappa shape index (κ2) is 52.8. The number of carbonyl (C=O) groups is 1. The van der Waals surface area contributed by atoms with Crippen molar-refractivity contribution in [1.29, 1.82) is 0 Å². The van der Waals surface area contributed by atoms with E-state index in [1.165, 1.54) is 167 Å². The van der Waals surface area contributed by atoms with E-state index in [0.717, 1.165) is 77.0 Å². The number of aliphatic hydroxyl groups is 1. The largest absolute Gasteiger partial charge is 0.756 e. The van der Waals surface area contributed by atoms with Crippen molar-refractivity contribution < 1.29 is 32.9 Å². The van der Waals surface area contributed by atoms with Gasteiger partial charge in [0.15, 0.2) is 0 Å². The minimum Gasteiger partial charge on any atom is -0.756 e. The molecule has 0 heterocycles. The summed E-state index contributed by atoms with van der Waals surface area (Å²) in [5.74, 6) is -0.222. The number of carbonyl (C=O) groups excluding carboxylic acids is 1. The predicted molar refractivity (Wildman–Crippen MR) is 307 cm³/mol. The Balaban J connectivity index is 4.20. The molecule has 0 rings (SSSR count). The summed E-state index contributed by atoms with van der Waals surface area (Å²) in [5, 5.41) is 13.9. The van der Waals surface area contributed by atoms with E-state index < -0.39 is 26.6 Å². The maximum absolute atomic E-state index is 12.9. The molecule has 8 nitrogen and oxygen atoms in total. The molecular weight excluding hydrogens is 900 g/mol. The minimum absolute atomic E-state index is 0.0141. The van der Waals surface area contributed by atoms with Crippen LogP contribution in [0.3, 0.4) is 0 Å². The zero-order valence-electron chi connectivity index (χ0n) is 47.2. The molecule has 414 valence electrons. The molecule has 0 saturated heterocycles. The minimum atomic E-state index is -4.62. The SMILES string of the molecule is CC/C=C\C/C=C\C/C=C\CCCCCCCCCC(=O)NC(COP(=O)([O-])OCC[N+](C)(C)C)C(O)/C=C/CC/C=C/CC/C=C/CCCCCCCCCCCCCCCCCCCCCCCC. The molecule has 0 aliphatic rings. The summed E-state index contributed by atoms with van der Waals surface area (Å²) < 4.78 is 23.3. The number of hydrogen-bond donors (Lipinski definition) is 2. The Morgan fingerprint density at radius 2 is 0.873 bits per heavy atom. The summed E-state index contributed by atoms with van der Waals surface area (Å²) in [6, 6.07) is -0.920. The molecule has 0 aromatic carbocycles. The molecule has 0 spiro atoms. The average Bonchev–Trinajstić information content (AvgIpc) is 3.33. The van der Waals surface area contributed by atoms with Crippen LogP contribution < -0.4 is 10.2 Å². The smallest absolute Gasteiger partial charge is 0.268 e. The maximum atomic E-state index is 12.9. The van der Waals surface area contributed by atoms with Crippen LogP contribution in [-0.2, 0) is 18.4 Å². The maximum Gasteiger partial charge on any atom is 0.268 e. The third-order valence-corrected chi connectivity index (χ3v) is 14.1. The number of likely N-dealkylation sites (N-methyl/N-ethyl adjacent to an activating group) is 1. The highest BCUT2D eigenvalue weighted by Crippen LogP contribution is 2.38. The van der Waals surface area contributed by atoms with Gasteiger partial charge in [-0.25, -0.2) is 0 Å². The number of nitrogens with zero attached hydrogens (tertiary/aromatic N) is 1. The number of hydrogen-bond acceptors (Lipinski definition) is 6. The Kier molecular flexibility index (Phi) is 51.3. The van der Waals surface area contributed by atoms with Crippen LogP contribution in [0.2, 0.25) is 0 Å². The fraction of sp³-hybridized carbons (Fsp3) is 0.790. The lowest BCUT2D eigenvalue weighted by Gasteiger charge is -2.29. The van der Waals surface area contributed by atoms with Crippen LogP contribution in [0.15, 0.2) is 72.9 Å². The highest BCUT2D eigenvalue weighted by molar-refractivity contribution is 7.45. The van der Waals surface area contributed by atoms with Gasteiger partial charge in [0.1, 0.15) is 13.2 Å². The number of phosphoric acid groups is 1. The van der Waals surface area contributed by atoms with Crippen molar-refractivity contribution in [2.24, 2.45) is 0 Å². The van der Waals surface area contributed by atoms with Crippen molar-refractivity contribution in [3.05, 3.63) is 72.9 Å². The van der Waals surface area contributed by atoms with Gasteiger partial charge in [0.2, 0.25) is 5.91 Å². The molecule has 2 N–H and O–H groups in total. The second-order valence-corrected chi connectivity index (χ2v) is 22.7. The first-order valence-electron chi connectivity index (χ1n) is 29.8. The Morgan fingerprint density at radius 3 is 1.31 bits per heavy atom. The van der Waals surface area contributed by atoms with E-state index in [2.05, 4.69) is 79.9 Å². The Hall–Kier alpha value is -2.06. The van der Waals surface area contributed by atoms with Crippen molar-refractivity contribution >= 4 is 13.7 Å². The highest BCUT2D eigenvalue weighted by atomic mass is 31.2. The summed E-state index contributed by atoms with van der Waals surface area (Å²) in [4.78, 5) is 25.5. The molecule has 0 aliphatic heterocycles. The van der Waals surface area contributed by atoms with E-state index in [4.69, 9.17) is 9.05 Å². The average molecular weight is 1020 g/mol. The molecule has 0 saturated carbocycles. The molecule has 3 unspecified atom stereocenters. The molecular formula is C62H115N2O6P. The summed E-state index contributed by atoms with van der Waals surface area (Å²) in [6.07, 6.45) is 72.9. The van der Waals surface area contributed by atoms with E-state index in [1.54, 1.807) is 6.08 Å². The molecule has 71 heavy (non-hydrogen) atoms. The molecule has 0 aliphatic carbocycles. The Labute approximate surface area is 440 Å². The number of unbranched alkanes of at least 4 members (excludes halogenated alkanes) is 31. The van der Waals surface area contributed by atoms with Crippen LogP contribution in [-0.4, -0.2) is 68.5 Å². The van der Waals surface area contributed by atoms with Crippen LogP contribution in [0.25, 0.3) is 0 Å². The van der Waals surface area contributed by atoms with Gasteiger partial charge in [0.05, 0.1) is 39.9 Å². The van der Waals surface area contributed by atoms with E-state index in [1.807, 2.05) is 27.2 Å². The summed E-state index contributed by atoms with van der Waals surface area (Å²) in [5.41, 5.74) is 0. The predicted octanol–water partition coefficient (Wildman–Crippen LogP) is 17.6. The van der Waals surface area contributed by atoms with Gasteiger partial charge in [-0.3, -0.25) is 9.36 Å². The summed E-state index contributed by atoms with van der Waals surface area (Å²) in [7, 11) is 1.22. The van der Waals surface area contributed by atoms with Crippen LogP contribution in [0.1, 0.15) is 264 Å². The lowest BCUT2D eigenvalue weighted by molar-refractivity contribution is -0.870. The van der Waals surface area contributed by atoms with Gasteiger partial charge in [-0.05, 0) is 77.0 Å². The summed E-state index contributed by atoms with van der Waals surface area (Å²) in [6.45, 7) is 4.51. The normalized spacial score (nSPS) is 14.4. The Morgan fingerprint density at radius 1 is 0.507 bits per heavy atom. The van der Waals surface area contributed by atoms with Gasteiger partial charge in [-0.15, -0.1) is 0 Å². The molecule has 1 amide bonds. The van der Waals surface area contributed by atoms with Gasteiger partial charge in [-0.1, -0.05) is 254 Å². The van der Waals surface area contributed by atoms with Gasteiger partial charge >= 0.3 is 0 Å². The van der Waals surface area contributed by atoms with E-state index in [9.17, 15) is 19.4 Å². The van der Waals surface area contributed by atoms with Crippen molar-refractivity contribution in [1.82, 2.24) is 5.32 Å². The first-order chi connectivity index (χ1) is 34.5. The topological polar surface area (TPSA) is 108 Å². The van der Waals surface area contributed by atoms with Crippen molar-refractivity contribution in [2.75, 3.05) is 40.9 Å². The molecule has 9 heteroatoms. The lowest BCUT2D eigenvalue weighted by atomic mass is 10.0. The number of phosphoric ester groups is 1. The highest BCUT2D eigenvalue weighted by Gasteiger charge is 2.23. The standard InChI is InChI=1S/C62H115N2O6P/c1-6-8-10-12-14-16-18-20-22-24-25-26-27-28-29-30-31-32-33-34-35-36-37-38-40-41-43-45-47-49-51-53-55-61(65)60(59-70-71(67,68)69-58-57-64(3,4)5)63-62(66)56-54-52-50-48-46-44-42-39-23-21-19-17-15-13-11-9-7-2/h9,11,15,17,21,23,38,40,45,47,53,55,60-61,65H,6-8,10,12-14,16,18-20,22,24-37,39,41-44,46,48-52,54,56-59H2,1-5H3,(H-,63,66,67,68)/b11-9-,17-15-,23-21-,40-38+,47-45+,55-53+. The zero-order valence-corrected chi connectivity index (χ0v) is 48.1. The molecule has 0 aromatic rings. The fourth-order valence-electron chi connectivity index (χ4n) is 8.50. The van der Waals surface area contributed by atoms with E-state index in [-0.39, 0.29) is 12.5 Å². The number of aliphatic hydroxyl groups excluding tert-OH is 1. The first-order valence-corrected chi connectivity index (χ1v) is 31.3. The van der Waals surface area contributed by atoms with E-state index >= 15 is 0 Å². The third kappa shape index (κ3) is 55.5. The van der Waals surface area contributed by atoms with Crippen LogP contribution in [0.4, 0.5) is 0 Å². The lowest BCUT2D eigenvalue weighted by Crippen LogP contribution is -2.45. The van der Waals surface area contributed by atoms with Gasteiger partial charge in [0, 0.05) is 6.42 Å². The van der Waals surface area contributed by atoms with Gasteiger partial charge in [0.25, 0.3) is 7.82 Å². The molecule has 0 aromatic heterocycles.